The lowest BCUT2D eigenvalue weighted by Gasteiger charge is -1.97. The molecular formula is C5H14O2. The van der Waals surface area contributed by atoms with Gasteiger partial charge in [-0.15, -0.1) is 0 Å². The van der Waals surface area contributed by atoms with Crippen LogP contribution in [-0.2, 0) is 0 Å². The van der Waals surface area contributed by atoms with Gasteiger partial charge in [-0.2, -0.15) is 0 Å². The van der Waals surface area contributed by atoms with Gasteiger partial charge in [0.05, 0.1) is 0 Å². The minimum atomic E-state index is 0. The number of aliphatic hydroxyl groups is 2. The highest BCUT2D eigenvalue weighted by Crippen LogP contribution is 1.85. The summed E-state index contributed by atoms with van der Waals surface area (Å²) in [6, 6.07) is 0. The zero-order valence-electron chi connectivity index (χ0n) is 3.89. The summed E-state index contributed by atoms with van der Waals surface area (Å²) in [5.41, 5.74) is 0. The third-order valence-electron chi connectivity index (χ3n) is 0.623. The van der Waals surface area contributed by atoms with Crippen molar-refractivity contribution in [2.75, 3.05) is 13.2 Å². The number of hydrogen-bond donors (Lipinski definition) is 2. The molecule has 2 nitrogen and oxygen atoms in total. The molecule has 0 spiro atoms. The zero-order chi connectivity index (χ0) is 4.99. The first-order chi connectivity index (χ1) is 2.81. The lowest BCUT2D eigenvalue weighted by Crippen LogP contribution is -2.04. The molecular weight excluding hydrogens is 92.1 g/mol. The lowest BCUT2D eigenvalue weighted by molar-refractivity contribution is 0.162. The molecule has 0 fully saturated rings. The quantitative estimate of drug-likeness (QED) is 0.529. The van der Waals surface area contributed by atoms with E-state index < -0.39 is 0 Å². The Bertz CT molecular complexity index is 25.3. The van der Waals surface area contributed by atoms with Crippen molar-refractivity contribution < 1.29 is 10.2 Å². The summed E-state index contributed by atoms with van der Waals surface area (Å²) in [6.45, 7) is 1.94. The third-order valence-corrected chi connectivity index (χ3v) is 0.623. The lowest BCUT2D eigenvalue weighted by atomic mass is 10.2. The van der Waals surface area contributed by atoms with Crippen LogP contribution in [0.15, 0.2) is 0 Å². The minimum Gasteiger partial charge on any atom is -0.396 e. The first-order valence-corrected chi connectivity index (χ1v) is 2.03. The highest BCUT2D eigenvalue weighted by Gasteiger charge is 1.91. The first kappa shape index (κ1) is 10.0. The second kappa shape index (κ2) is 5.92. The molecule has 0 bridgehead atoms. The average Bonchev–Trinajstić information content (AvgIpc) is 1.65. The standard InChI is InChI=1S/C4H10O2.CH4/c1-4(2-5)3-6;/h4-6H,2-3H2,1H3;1H4. The van der Waals surface area contributed by atoms with Crippen LogP contribution in [0.4, 0.5) is 0 Å². The van der Waals surface area contributed by atoms with Gasteiger partial charge in [-0.1, -0.05) is 14.4 Å². The maximum absolute atomic E-state index is 8.17. The Balaban J connectivity index is 0. The topological polar surface area (TPSA) is 40.5 Å². The molecule has 0 atom stereocenters. The van der Waals surface area contributed by atoms with Gasteiger partial charge in [0, 0.05) is 19.1 Å². The van der Waals surface area contributed by atoms with Crippen LogP contribution in [0.1, 0.15) is 14.4 Å². The predicted octanol–water partition coefficient (Wildman–Crippen LogP) is 0.243. The Morgan fingerprint density at radius 2 is 1.57 bits per heavy atom. The van der Waals surface area contributed by atoms with Gasteiger partial charge in [0.2, 0.25) is 0 Å². The zero-order valence-corrected chi connectivity index (χ0v) is 3.89. The molecule has 0 aromatic heterocycles. The van der Waals surface area contributed by atoms with Crippen molar-refractivity contribution in [1.29, 1.82) is 0 Å². The second-order valence-corrected chi connectivity index (χ2v) is 1.47. The van der Waals surface area contributed by atoms with Crippen molar-refractivity contribution in [3.63, 3.8) is 0 Å². The summed E-state index contributed by atoms with van der Waals surface area (Å²) in [4.78, 5) is 0. The summed E-state index contributed by atoms with van der Waals surface area (Å²) in [7, 11) is 0. The summed E-state index contributed by atoms with van der Waals surface area (Å²) >= 11 is 0. The molecule has 2 N–H and O–H groups in total. The number of aliphatic hydroxyl groups excluding tert-OH is 2. The average molecular weight is 106 g/mol. The fraction of sp³-hybridized carbons (Fsp3) is 1.00. The van der Waals surface area contributed by atoms with Gasteiger partial charge in [0.15, 0.2) is 0 Å². The van der Waals surface area contributed by atoms with Gasteiger partial charge in [0.25, 0.3) is 0 Å². The maximum Gasteiger partial charge on any atom is 0.0478 e. The smallest absolute Gasteiger partial charge is 0.0478 e. The van der Waals surface area contributed by atoms with Gasteiger partial charge in [-0.3, -0.25) is 0 Å². The Hall–Kier alpha value is -0.0800. The SMILES string of the molecule is C.CC(CO)CO. The monoisotopic (exact) mass is 106 g/mol. The van der Waals surface area contributed by atoms with Gasteiger partial charge in [-0.05, 0) is 0 Å². The third kappa shape index (κ3) is 5.92. The van der Waals surface area contributed by atoms with Crippen molar-refractivity contribution in [2.24, 2.45) is 5.92 Å². The Labute approximate surface area is 44.8 Å². The molecule has 0 heterocycles. The van der Waals surface area contributed by atoms with Crippen LogP contribution in [0.2, 0.25) is 0 Å². The van der Waals surface area contributed by atoms with Crippen molar-refractivity contribution in [1.82, 2.24) is 0 Å². The van der Waals surface area contributed by atoms with Gasteiger partial charge < -0.3 is 10.2 Å². The molecule has 7 heavy (non-hydrogen) atoms. The van der Waals surface area contributed by atoms with Crippen molar-refractivity contribution in [3.05, 3.63) is 0 Å². The molecule has 0 amide bonds. The minimum absolute atomic E-state index is 0. The van der Waals surface area contributed by atoms with Crippen LogP contribution in [0.25, 0.3) is 0 Å². The summed E-state index contributed by atoms with van der Waals surface area (Å²) in [5, 5.41) is 16.3. The molecule has 0 saturated carbocycles. The molecule has 0 aliphatic carbocycles. The van der Waals surface area contributed by atoms with Crippen LogP contribution < -0.4 is 0 Å². The van der Waals surface area contributed by atoms with E-state index in [0.29, 0.717) is 0 Å². The van der Waals surface area contributed by atoms with E-state index in [4.69, 9.17) is 10.2 Å². The van der Waals surface area contributed by atoms with Crippen LogP contribution in [0, 0.1) is 5.92 Å². The van der Waals surface area contributed by atoms with E-state index in [1.165, 1.54) is 0 Å². The Morgan fingerprint density at radius 1 is 1.29 bits per heavy atom. The van der Waals surface area contributed by atoms with Gasteiger partial charge in [0.1, 0.15) is 0 Å². The first-order valence-electron chi connectivity index (χ1n) is 2.03. The van der Waals surface area contributed by atoms with Crippen molar-refractivity contribution in [3.8, 4) is 0 Å². The normalized spacial score (nSPS) is 8.57. The van der Waals surface area contributed by atoms with Crippen molar-refractivity contribution >= 4 is 0 Å². The molecule has 0 aromatic carbocycles. The number of hydrogen-bond acceptors (Lipinski definition) is 2. The van der Waals surface area contributed by atoms with E-state index in [1.54, 1.807) is 6.92 Å². The Morgan fingerprint density at radius 3 is 1.57 bits per heavy atom. The van der Waals surface area contributed by atoms with Crippen LogP contribution in [-0.4, -0.2) is 23.4 Å². The van der Waals surface area contributed by atoms with Crippen LogP contribution in [0.5, 0.6) is 0 Å². The van der Waals surface area contributed by atoms with Gasteiger partial charge >= 0.3 is 0 Å². The van der Waals surface area contributed by atoms with E-state index in [9.17, 15) is 0 Å². The summed E-state index contributed by atoms with van der Waals surface area (Å²) in [6.07, 6.45) is 0. The Kier molecular flexibility index (Phi) is 8.47. The fourth-order valence-corrected chi connectivity index (χ4v) is 0.0577. The summed E-state index contributed by atoms with van der Waals surface area (Å²) < 4.78 is 0. The molecule has 0 rings (SSSR count). The highest BCUT2D eigenvalue weighted by molar-refractivity contribution is 4.41. The largest absolute Gasteiger partial charge is 0.396 e. The fourth-order valence-electron chi connectivity index (χ4n) is 0.0577. The molecule has 0 aliphatic heterocycles. The van der Waals surface area contributed by atoms with Crippen LogP contribution >= 0.6 is 0 Å². The molecule has 0 saturated heterocycles. The van der Waals surface area contributed by atoms with E-state index in [2.05, 4.69) is 0 Å². The summed E-state index contributed by atoms with van der Waals surface area (Å²) in [5.74, 6) is 0.0463. The molecule has 0 aliphatic rings. The van der Waals surface area contributed by atoms with E-state index in [-0.39, 0.29) is 26.6 Å². The second-order valence-electron chi connectivity index (χ2n) is 1.47. The predicted molar refractivity (Wildman–Crippen MR) is 30.1 cm³/mol. The van der Waals surface area contributed by atoms with E-state index >= 15 is 0 Å². The van der Waals surface area contributed by atoms with E-state index in [1.807, 2.05) is 0 Å². The van der Waals surface area contributed by atoms with E-state index in [0.717, 1.165) is 0 Å². The van der Waals surface area contributed by atoms with Crippen molar-refractivity contribution in [2.45, 2.75) is 14.4 Å². The molecule has 0 aromatic rings. The maximum atomic E-state index is 8.17. The number of rotatable bonds is 2. The van der Waals surface area contributed by atoms with Gasteiger partial charge in [-0.25, -0.2) is 0 Å². The molecule has 0 radical (unpaired) electrons. The molecule has 46 valence electrons. The highest BCUT2D eigenvalue weighted by atomic mass is 16.3. The van der Waals surface area contributed by atoms with Crippen LogP contribution in [0.3, 0.4) is 0 Å². The molecule has 0 unspecified atom stereocenters. The molecule has 2 heteroatoms.